The van der Waals surface area contributed by atoms with E-state index >= 15 is 0 Å². The lowest BCUT2D eigenvalue weighted by atomic mass is 10.1. The number of aromatic amines is 1. The molecule has 0 bridgehead atoms. The lowest BCUT2D eigenvalue weighted by Gasteiger charge is -2.24. The van der Waals surface area contributed by atoms with E-state index in [0.29, 0.717) is 11.9 Å². The van der Waals surface area contributed by atoms with Crippen molar-refractivity contribution in [1.82, 2.24) is 15.3 Å². The number of piperidine rings is 1. The number of rotatable bonds is 3. The van der Waals surface area contributed by atoms with Crippen LogP contribution < -0.4 is 16.2 Å². The van der Waals surface area contributed by atoms with Gasteiger partial charge in [-0.1, -0.05) is 6.92 Å². The molecule has 1 aromatic heterocycles. The van der Waals surface area contributed by atoms with E-state index in [1.165, 1.54) is 12.5 Å². The summed E-state index contributed by atoms with van der Waals surface area (Å²) >= 11 is 0. The second-order valence-electron chi connectivity index (χ2n) is 4.12. The first-order valence-electron chi connectivity index (χ1n) is 5.85. The maximum Gasteiger partial charge on any atom is 0.252 e. The molecule has 1 fully saturated rings. The molecule has 1 saturated heterocycles. The third-order valence-corrected chi connectivity index (χ3v) is 2.77. The highest BCUT2D eigenvalue weighted by molar-refractivity contribution is 5.34. The van der Waals surface area contributed by atoms with E-state index in [2.05, 4.69) is 20.6 Å². The third-order valence-electron chi connectivity index (χ3n) is 2.77. The summed E-state index contributed by atoms with van der Waals surface area (Å²) in [6, 6.07) is 1.90. The zero-order valence-corrected chi connectivity index (χ0v) is 9.55. The highest BCUT2D eigenvalue weighted by atomic mass is 16.1. The molecular weight excluding hydrogens is 204 g/mol. The second kappa shape index (κ2) is 5.12. The summed E-state index contributed by atoms with van der Waals surface area (Å²) in [6.07, 6.45) is 3.04. The zero-order chi connectivity index (χ0) is 11.4. The van der Waals surface area contributed by atoms with Crippen LogP contribution in [-0.4, -0.2) is 29.1 Å². The number of nitrogens with zero attached hydrogens (tertiary/aromatic N) is 1. The minimum absolute atomic E-state index is 0.0851. The fraction of sp³-hybridized carbons (Fsp3) is 0.636. The predicted octanol–water partition coefficient (Wildman–Crippen LogP) is 0.496. The van der Waals surface area contributed by atoms with E-state index < -0.39 is 0 Å². The number of nitrogens with one attached hydrogen (secondary N) is 3. The molecule has 0 aliphatic carbocycles. The summed E-state index contributed by atoms with van der Waals surface area (Å²) in [7, 11) is 0. The number of aryl methyl sites for hydroxylation is 1. The number of hydrogen-bond donors (Lipinski definition) is 3. The predicted molar refractivity (Wildman–Crippen MR) is 63.8 cm³/mol. The van der Waals surface area contributed by atoms with Crippen molar-refractivity contribution < 1.29 is 0 Å². The maximum absolute atomic E-state index is 11.4. The Balaban J connectivity index is 2.07. The van der Waals surface area contributed by atoms with Gasteiger partial charge in [0.15, 0.2) is 0 Å². The second-order valence-corrected chi connectivity index (χ2v) is 4.12. The molecule has 3 N–H and O–H groups in total. The van der Waals surface area contributed by atoms with Gasteiger partial charge in [-0.3, -0.25) is 4.79 Å². The standard InChI is InChI=1S/C11H18N4O/c1-2-9-14-10(6-11(16)15-9)13-8-4-3-5-12-7-8/h6,8,12H,2-5,7H2,1H3,(H2,13,14,15,16). The molecule has 1 aromatic rings. The lowest BCUT2D eigenvalue weighted by molar-refractivity contribution is 0.479. The minimum atomic E-state index is -0.0851. The Kier molecular flexibility index (Phi) is 3.56. The minimum Gasteiger partial charge on any atom is -0.366 e. The summed E-state index contributed by atoms with van der Waals surface area (Å²) in [5.41, 5.74) is -0.0851. The van der Waals surface area contributed by atoms with Gasteiger partial charge < -0.3 is 15.6 Å². The average molecular weight is 222 g/mol. The quantitative estimate of drug-likeness (QED) is 0.696. The van der Waals surface area contributed by atoms with E-state index in [9.17, 15) is 4.79 Å². The molecule has 5 nitrogen and oxygen atoms in total. The average Bonchev–Trinajstić information content (AvgIpc) is 2.29. The highest BCUT2D eigenvalue weighted by Gasteiger charge is 2.13. The van der Waals surface area contributed by atoms with Crippen molar-refractivity contribution in [2.45, 2.75) is 32.2 Å². The Labute approximate surface area is 94.7 Å². The SMILES string of the molecule is CCc1nc(NC2CCCNC2)cc(=O)[nH]1. The van der Waals surface area contributed by atoms with E-state index in [1.807, 2.05) is 6.92 Å². The fourth-order valence-corrected chi connectivity index (χ4v) is 1.93. The third kappa shape index (κ3) is 2.82. The van der Waals surface area contributed by atoms with Crippen LogP contribution in [0.5, 0.6) is 0 Å². The van der Waals surface area contributed by atoms with Crippen molar-refractivity contribution in [1.29, 1.82) is 0 Å². The molecule has 0 saturated carbocycles. The topological polar surface area (TPSA) is 69.8 Å². The molecule has 88 valence electrons. The number of anilines is 1. The largest absolute Gasteiger partial charge is 0.366 e. The highest BCUT2D eigenvalue weighted by Crippen LogP contribution is 2.08. The molecule has 1 aliphatic heterocycles. The van der Waals surface area contributed by atoms with Crippen LogP contribution in [0.15, 0.2) is 10.9 Å². The first kappa shape index (κ1) is 11.1. The van der Waals surface area contributed by atoms with Gasteiger partial charge in [-0.25, -0.2) is 4.98 Å². The van der Waals surface area contributed by atoms with E-state index in [4.69, 9.17) is 0 Å². The summed E-state index contributed by atoms with van der Waals surface area (Å²) in [5.74, 6) is 1.42. The molecule has 0 amide bonds. The Morgan fingerprint density at radius 3 is 3.19 bits per heavy atom. The molecule has 1 unspecified atom stereocenters. The van der Waals surface area contributed by atoms with Crippen molar-refractivity contribution in [3.63, 3.8) is 0 Å². The Hall–Kier alpha value is -1.36. The lowest BCUT2D eigenvalue weighted by Crippen LogP contribution is -2.38. The van der Waals surface area contributed by atoms with Gasteiger partial charge in [-0.2, -0.15) is 0 Å². The van der Waals surface area contributed by atoms with Gasteiger partial charge in [0.1, 0.15) is 11.6 Å². The van der Waals surface area contributed by atoms with Gasteiger partial charge in [-0.05, 0) is 19.4 Å². The Morgan fingerprint density at radius 1 is 1.62 bits per heavy atom. The molecule has 1 atom stereocenters. The van der Waals surface area contributed by atoms with E-state index in [1.54, 1.807) is 0 Å². The van der Waals surface area contributed by atoms with Crippen molar-refractivity contribution in [3.8, 4) is 0 Å². The van der Waals surface area contributed by atoms with Crippen LogP contribution in [0.3, 0.4) is 0 Å². The molecule has 0 spiro atoms. The van der Waals surface area contributed by atoms with Crippen LogP contribution in [0.25, 0.3) is 0 Å². The molecular formula is C11H18N4O. The van der Waals surface area contributed by atoms with Crippen LogP contribution in [0, 0.1) is 0 Å². The number of H-pyrrole nitrogens is 1. The van der Waals surface area contributed by atoms with Crippen molar-refractivity contribution in [3.05, 3.63) is 22.2 Å². The molecule has 2 rings (SSSR count). The van der Waals surface area contributed by atoms with Crippen LogP contribution in [0.1, 0.15) is 25.6 Å². The molecule has 16 heavy (non-hydrogen) atoms. The first-order chi connectivity index (χ1) is 7.78. The van der Waals surface area contributed by atoms with Gasteiger partial charge in [0.2, 0.25) is 0 Å². The van der Waals surface area contributed by atoms with Crippen molar-refractivity contribution in [2.75, 3.05) is 18.4 Å². The summed E-state index contributed by atoms with van der Waals surface area (Å²) < 4.78 is 0. The van der Waals surface area contributed by atoms with Crippen LogP contribution in [0.2, 0.25) is 0 Å². The van der Waals surface area contributed by atoms with Gasteiger partial charge in [0, 0.05) is 25.1 Å². The van der Waals surface area contributed by atoms with Crippen molar-refractivity contribution in [2.24, 2.45) is 0 Å². The molecule has 2 heterocycles. The maximum atomic E-state index is 11.4. The summed E-state index contributed by atoms with van der Waals surface area (Å²) in [6.45, 7) is 4.00. The van der Waals surface area contributed by atoms with Crippen LogP contribution in [0.4, 0.5) is 5.82 Å². The Morgan fingerprint density at radius 2 is 2.50 bits per heavy atom. The monoisotopic (exact) mass is 222 g/mol. The normalized spacial score (nSPS) is 20.7. The first-order valence-corrected chi connectivity index (χ1v) is 5.85. The van der Waals surface area contributed by atoms with Gasteiger partial charge in [0.05, 0.1) is 0 Å². The molecule has 0 aromatic carbocycles. The van der Waals surface area contributed by atoms with Gasteiger partial charge in [0.25, 0.3) is 5.56 Å². The molecule has 0 radical (unpaired) electrons. The zero-order valence-electron chi connectivity index (χ0n) is 9.55. The van der Waals surface area contributed by atoms with Crippen LogP contribution in [-0.2, 0) is 6.42 Å². The van der Waals surface area contributed by atoms with E-state index in [-0.39, 0.29) is 5.56 Å². The smallest absolute Gasteiger partial charge is 0.252 e. The van der Waals surface area contributed by atoms with Gasteiger partial charge >= 0.3 is 0 Å². The van der Waals surface area contributed by atoms with Crippen molar-refractivity contribution >= 4 is 5.82 Å². The van der Waals surface area contributed by atoms with E-state index in [0.717, 1.165) is 31.8 Å². The van der Waals surface area contributed by atoms with Crippen LogP contribution >= 0.6 is 0 Å². The molecule has 1 aliphatic rings. The number of hydrogen-bond acceptors (Lipinski definition) is 4. The van der Waals surface area contributed by atoms with Gasteiger partial charge in [-0.15, -0.1) is 0 Å². The summed E-state index contributed by atoms with van der Waals surface area (Å²) in [5, 5.41) is 6.62. The fourth-order valence-electron chi connectivity index (χ4n) is 1.93. The summed E-state index contributed by atoms with van der Waals surface area (Å²) in [4.78, 5) is 18.4. The number of aromatic nitrogens is 2. The molecule has 5 heteroatoms. The Bertz CT molecular complexity index is 395.